The summed E-state index contributed by atoms with van der Waals surface area (Å²) in [6.07, 6.45) is 0.533. The number of para-hydroxylation sites is 1. The molecule has 120 valence electrons. The topological polar surface area (TPSA) is 56.1 Å². The summed E-state index contributed by atoms with van der Waals surface area (Å²) in [5.74, 6) is 0.0101. The summed E-state index contributed by atoms with van der Waals surface area (Å²) in [7, 11) is 0. The first-order valence-corrected chi connectivity index (χ1v) is 8.72. The molecule has 1 saturated heterocycles. The Balaban J connectivity index is 1.66. The molecule has 0 bridgehead atoms. The molecular weight excluding hydrogens is 318 g/mol. The predicted octanol–water partition coefficient (Wildman–Crippen LogP) is 3.49. The highest BCUT2D eigenvalue weighted by atomic mass is 32.2. The first-order valence-electron chi connectivity index (χ1n) is 7.94. The second-order valence-corrected chi connectivity index (χ2v) is 7.53. The van der Waals surface area contributed by atoms with Crippen LogP contribution >= 0.6 is 11.9 Å². The van der Waals surface area contributed by atoms with E-state index in [-0.39, 0.29) is 11.9 Å². The molecule has 1 N–H and O–H groups in total. The van der Waals surface area contributed by atoms with E-state index in [0.29, 0.717) is 13.0 Å². The number of fused-ring (bicyclic) bond motifs is 2. The molecule has 2 aliphatic rings. The lowest BCUT2D eigenvalue weighted by atomic mass is 9.80. The van der Waals surface area contributed by atoms with Gasteiger partial charge in [0.05, 0.1) is 11.5 Å². The van der Waals surface area contributed by atoms with Gasteiger partial charge in [-0.15, -0.1) is 0 Å². The van der Waals surface area contributed by atoms with Gasteiger partial charge in [0.15, 0.2) is 0 Å². The van der Waals surface area contributed by atoms with E-state index in [4.69, 9.17) is 0 Å². The van der Waals surface area contributed by atoms with E-state index in [1.807, 2.05) is 28.6 Å². The Labute approximate surface area is 145 Å². The highest BCUT2D eigenvalue weighted by molar-refractivity contribution is 7.97. The Kier molecular flexibility index (Phi) is 3.60. The van der Waals surface area contributed by atoms with Crippen LogP contribution in [0.4, 0.5) is 5.69 Å². The van der Waals surface area contributed by atoms with Crippen molar-refractivity contribution < 1.29 is 4.79 Å². The second kappa shape index (κ2) is 5.66. The fourth-order valence-electron chi connectivity index (χ4n) is 3.55. The van der Waals surface area contributed by atoms with Crippen molar-refractivity contribution in [1.29, 1.82) is 5.26 Å². The third kappa shape index (κ3) is 2.31. The van der Waals surface area contributed by atoms with Crippen LogP contribution in [0.3, 0.4) is 0 Å². The van der Waals surface area contributed by atoms with Crippen molar-refractivity contribution in [3.05, 3.63) is 59.7 Å². The maximum atomic E-state index is 12.7. The Morgan fingerprint density at radius 2 is 2.00 bits per heavy atom. The predicted molar refractivity (Wildman–Crippen MR) is 94.5 cm³/mol. The zero-order valence-electron chi connectivity index (χ0n) is 13.3. The van der Waals surface area contributed by atoms with E-state index >= 15 is 0 Å². The number of aryl methyl sites for hydroxylation is 1. The van der Waals surface area contributed by atoms with Crippen LogP contribution in [-0.2, 0) is 10.2 Å². The SMILES string of the molecule is Cc1ccc(SN2C[C@]3(C[C@H]2C#N)C(=O)Nc2ccccc23)cc1. The van der Waals surface area contributed by atoms with Crippen molar-refractivity contribution in [2.45, 2.75) is 29.7 Å². The summed E-state index contributed by atoms with van der Waals surface area (Å²) in [6.45, 7) is 2.60. The molecule has 2 aromatic rings. The minimum atomic E-state index is -0.616. The quantitative estimate of drug-likeness (QED) is 0.854. The van der Waals surface area contributed by atoms with E-state index in [1.165, 1.54) is 5.56 Å². The standard InChI is InChI=1S/C19H17N3OS/c1-13-6-8-15(9-7-13)24-22-12-19(10-14(22)11-20)16-4-2-3-5-17(16)21-18(19)23/h2-9,14H,10,12H2,1H3,(H,21,23)/t14-,19-/m0/s1. The third-order valence-electron chi connectivity index (χ3n) is 4.83. The van der Waals surface area contributed by atoms with E-state index in [0.717, 1.165) is 16.1 Å². The third-order valence-corrected chi connectivity index (χ3v) is 5.93. The number of carbonyl (C=O) groups is 1. The zero-order valence-corrected chi connectivity index (χ0v) is 14.1. The first kappa shape index (κ1) is 15.3. The number of nitrogens with one attached hydrogen (secondary N) is 1. The summed E-state index contributed by atoms with van der Waals surface area (Å²) in [5, 5.41) is 12.6. The van der Waals surface area contributed by atoms with Gasteiger partial charge in [0, 0.05) is 17.1 Å². The van der Waals surface area contributed by atoms with E-state index in [9.17, 15) is 10.1 Å². The molecule has 2 aromatic carbocycles. The van der Waals surface area contributed by atoms with E-state index < -0.39 is 5.41 Å². The number of amides is 1. The van der Waals surface area contributed by atoms with Crippen molar-refractivity contribution in [2.24, 2.45) is 0 Å². The van der Waals surface area contributed by atoms with Gasteiger partial charge in [0.25, 0.3) is 0 Å². The number of hydrogen-bond donors (Lipinski definition) is 1. The first-order chi connectivity index (χ1) is 11.6. The van der Waals surface area contributed by atoms with Crippen molar-refractivity contribution in [3.63, 3.8) is 0 Å². The summed E-state index contributed by atoms with van der Waals surface area (Å²) < 4.78 is 2.05. The molecule has 2 aliphatic heterocycles. The number of nitriles is 1. The van der Waals surface area contributed by atoms with Gasteiger partial charge in [-0.25, -0.2) is 4.31 Å². The molecule has 1 fully saturated rings. The number of anilines is 1. The fourth-order valence-corrected chi connectivity index (χ4v) is 4.61. The molecule has 2 heterocycles. The minimum Gasteiger partial charge on any atom is -0.325 e. The van der Waals surface area contributed by atoms with Gasteiger partial charge in [0.2, 0.25) is 5.91 Å². The van der Waals surface area contributed by atoms with Crippen LogP contribution in [0.25, 0.3) is 0 Å². The lowest BCUT2D eigenvalue weighted by Gasteiger charge is -2.22. The summed E-state index contributed by atoms with van der Waals surface area (Å²) in [6, 6.07) is 18.1. The van der Waals surface area contributed by atoms with E-state index in [2.05, 4.69) is 42.6 Å². The molecule has 24 heavy (non-hydrogen) atoms. The Morgan fingerprint density at radius 3 is 2.75 bits per heavy atom. The lowest BCUT2D eigenvalue weighted by Crippen LogP contribution is -2.36. The summed E-state index contributed by atoms with van der Waals surface area (Å²) >= 11 is 1.56. The normalized spacial score (nSPS) is 25.5. The average molecular weight is 335 g/mol. The number of hydrogen-bond acceptors (Lipinski definition) is 4. The van der Waals surface area contributed by atoms with Gasteiger partial charge >= 0.3 is 0 Å². The molecule has 0 saturated carbocycles. The molecule has 4 rings (SSSR count). The zero-order chi connectivity index (χ0) is 16.7. The number of benzene rings is 2. The highest BCUT2D eigenvalue weighted by Crippen LogP contribution is 2.48. The van der Waals surface area contributed by atoms with Gasteiger partial charge in [0.1, 0.15) is 6.04 Å². The van der Waals surface area contributed by atoms with Crippen molar-refractivity contribution >= 4 is 23.5 Å². The maximum Gasteiger partial charge on any atom is 0.236 e. The van der Waals surface area contributed by atoms with Crippen LogP contribution < -0.4 is 5.32 Å². The monoisotopic (exact) mass is 335 g/mol. The van der Waals surface area contributed by atoms with Gasteiger partial charge in [-0.2, -0.15) is 5.26 Å². The van der Waals surface area contributed by atoms with Crippen LogP contribution in [0.1, 0.15) is 17.5 Å². The highest BCUT2D eigenvalue weighted by Gasteiger charge is 2.55. The molecule has 4 nitrogen and oxygen atoms in total. The van der Waals surface area contributed by atoms with Crippen LogP contribution in [0.5, 0.6) is 0 Å². The molecule has 1 spiro atoms. The Bertz CT molecular complexity index is 842. The van der Waals surface area contributed by atoms with Gasteiger partial charge in [-0.05, 0) is 49.1 Å². The van der Waals surface area contributed by atoms with Crippen LogP contribution in [-0.4, -0.2) is 22.8 Å². The Morgan fingerprint density at radius 1 is 1.25 bits per heavy atom. The van der Waals surface area contributed by atoms with Crippen molar-refractivity contribution in [1.82, 2.24) is 4.31 Å². The van der Waals surface area contributed by atoms with Gasteiger partial charge in [-0.1, -0.05) is 35.9 Å². The number of rotatable bonds is 2. The molecular formula is C19H17N3OS. The van der Waals surface area contributed by atoms with E-state index in [1.54, 1.807) is 11.9 Å². The molecule has 0 unspecified atom stereocenters. The molecule has 0 aromatic heterocycles. The second-order valence-electron chi connectivity index (χ2n) is 6.41. The van der Waals surface area contributed by atoms with Gasteiger partial charge < -0.3 is 5.32 Å². The van der Waals surface area contributed by atoms with Crippen molar-refractivity contribution in [3.8, 4) is 6.07 Å². The largest absolute Gasteiger partial charge is 0.325 e. The van der Waals surface area contributed by atoms with Crippen LogP contribution in [0, 0.1) is 18.3 Å². The minimum absolute atomic E-state index is 0.0101. The lowest BCUT2D eigenvalue weighted by molar-refractivity contribution is -0.120. The van der Waals surface area contributed by atoms with Crippen molar-refractivity contribution in [2.75, 3.05) is 11.9 Å². The molecule has 2 atom stereocenters. The molecule has 0 aliphatic carbocycles. The van der Waals surface area contributed by atoms with Crippen LogP contribution in [0.2, 0.25) is 0 Å². The number of nitrogens with zero attached hydrogens (tertiary/aromatic N) is 2. The smallest absolute Gasteiger partial charge is 0.236 e. The average Bonchev–Trinajstić information content (AvgIpc) is 3.09. The number of carbonyl (C=O) groups excluding carboxylic acids is 1. The fraction of sp³-hybridized carbons (Fsp3) is 0.263. The summed E-state index contributed by atoms with van der Waals surface area (Å²) in [4.78, 5) is 13.8. The van der Waals surface area contributed by atoms with Gasteiger partial charge in [-0.3, -0.25) is 4.79 Å². The van der Waals surface area contributed by atoms with Crippen LogP contribution in [0.15, 0.2) is 53.4 Å². The Hall–Kier alpha value is -2.29. The molecule has 5 heteroatoms. The summed E-state index contributed by atoms with van der Waals surface area (Å²) in [5.41, 5.74) is 2.48. The maximum absolute atomic E-state index is 12.7. The molecule has 1 amide bonds. The molecule has 0 radical (unpaired) electrons.